The standard InChI is InChI=1S/C17H27BrN2O2/c1-4-20-8-6-7-14(20)12-19-11-13-9-15(18)17(22-5-2)16(10-13)21-3/h9-10,14,19H,4-8,11-12H2,1-3H3. The van der Waals surface area contributed by atoms with Gasteiger partial charge in [-0.25, -0.2) is 0 Å². The van der Waals surface area contributed by atoms with Crippen LogP contribution in [-0.4, -0.2) is 44.3 Å². The van der Waals surface area contributed by atoms with E-state index in [-0.39, 0.29) is 0 Å². The van der Waals surface area contributed by atoms with E-state index in [0.717, 1.165) is 35.6 Å². The van der Waals surface area contributed by atoms with E-state index >= 15 is 0 Å². The molecule has 1 heterocycles. The molecule has 22 heavy (non-hydrogen) atoms. The first-order chi connectivity index (χ1) is 10.7. The third-order valence-corrected chi connectivity index (χ3v) is 4.78. The molecule has 1 atom stereocenters. The van der Waals surface area contributed by atoms with Crippen molar-refractivity contribution in [2.45, 2.75) is 39.3 Å². The van der Waals surface area contributed by atoms with Gasteiger partial charge in [0.15, 0.2) is 11.5 Å². The molecule has 2 rings (SSSR count). The number of likely N-dealkylation sites (tertiary alicyclic amines) is 1. The Morgan fingerprint density at radius 1 is 1.36 bits per heavy atom. The third-order valence-electron chi connectivity index (χ3n) is 4.19. The highest BCUT2D eigenvalue weighted by Gasteiger charge is 2.22. The van der Waals surface area contributed by atoms with E-state index in [9.17, 15) is 0 Å². The van der Waals surface area contributed by atoms with Crippen LogP contribution in [0, 0.1) is 0 Å². The molecule has 0 saturated carbocycles. The fourth-order valence-electron chi connectivity index (χ4n) is 3.09. The van der Waals surface area contributed by atoms with Gasteiger partial charge in [0.1, 0.15) is 0 Å². The molecule has 1 fully saturated rings. The molecule has 0 aromatic heterocycles. The summed E-state index contributed by atoms with van der Waals surface area (Å²) in [6.45, 7) is 9.12. The summed E-state index contributed by atoms with van der Waals surface area (Å²) in [7, 11) is 1.68. The molecule has 1 N–H and O–H groups in total. The summed E-state index contributed by atoms with van der Waals surface area (Å²) in [6, 6.07) is 4.83. The molecule has 4 nitrogen and oxygen atoms in total. The van der Waals surface area contributed by atoms with E-state index in [2.05, 4.69) is 45.2 Å². The molecule has 1 aliphatic heterocycles. The SMILES string of the molecule is CCOc1c(Br)cc(CNCC2CCCN2CC)cc1OC. The molecule has 1 aromatic carbocycles. The van der Waals surface area contributed by atoms with Crippen LogP contribution in [0.1, 0.15) is 32.3 Å². The van der Waals surface area contributed by atoms with Crippen LogP contribution in [0.2, 0.25) is 0 Å². The Kier molecular flexibility index (Phi) is 6.99. The molecular weight excluding hydrogens is 344 g/mol. The van der Waals surface area contributed by atoms with Crippen molar-refractivity contribution in [3.63, 3.8) is 0 Å². The molecule has 0 spiro atoms. The zero-order valence-corrected chi connectivity index (χ0v) is 15.4. The molecular formula is C17H27BrN2O2. The van der Waals surface area contributed by atoms with Crippen molar-refractivity contribution in [1.82, 2.24) is 10.2 Å². The number of likely N-dealkylation sites (N-methyl/N-ethyl adjacent to an activating group) is 1. The van der Waals surface area contributed by atoms with Crippen molar-refractivity contribution >= 4 is 15.9 Å². The number of rotatable bonds is 8. The Morgan fingerprint density at radius 3 is 2.86 bits per heavy atom. The Morgan fingerprint density at radius 2 is 2.18 bits per heavy atom. The number of hydrogen-bond donors (Lipinski definition) is 1. The van der Waals surface area contributed by atoms with Gasteiger partial charge in [0.25, 0.3) is 0 Å². The molecule has 1 aliphatic rings. The highest BCUT2D eigenvalue weighted by atomic mass is 79.9. The highest BCUT2D eigenvalue weighted by molar-refractivity contribution is 9.10. The summed E-state index contributed by atoms with van der Waals surface area (Å²) in [5, 5.41) is 3.58. The minimum atomic E-state index is 0.626. The molecule has 124 valence electrons. The van der Waals surface area contributed by atoms with Crippen molar-refractivity contribution < 1.29 is 9.47 Å². The molecule has 5 heteroatoms. The summed E-state index contributed by atoms with van der Waals surface area (Å²) >= 11 is 3.58. The van der Waals surface area contributed by atoms with Crippen molar-refractivity contribution in [2.24, 2.45) is 0 Å². The Hall–Kier alpha value is -0.780. The molecule has 1 aromatic rings. The molecule has 0 amide bonds. The molecule has 0 aliphatic carbocycles. The maximum absolute atomic E-state index is 5.63. The minimum absolute atomic E-state index is 0.626. The van der Waals surface area contributed by atoms with Crippen LogP contribution in [0.4, 0.5) is 0 Å². The molecule has 1 unspecified atom stereocenters. The second-order valence-corrected chi connectivity index (χ2v) is 6.45. The van der Waals surface area contributed by atoms with Gasteiger partial charge < -0.3 is 14.8 Å². The van der Waals surface area contributed by atoms with Gasteiger partial charge in [-0.2, -0.15) is 0 Å². The van der Waals surface area contributed by atoms with Crippen molar-refractivity contribution in [2.75, 3.05) is 33.4 Å². The van der Waals surface area contributed by atoms with Gasteiger partial charge in [-0.1, -0.05) is 6.92 Å². The van der Waals surface area contributed by atoms with Crippen molar-refractivity contribution in [3.8, 4) is 11.5 Å². The van der Waals surface area contributed by atoms with Crippen molar-refractivity contribution in [3.05, 3.63) is 22.2 Å². The van der Waals surface area contributed by atoms with Gasteiger partial charge in [0, 0.05) is 19.1 Å². The number of halogens is 1. The molecule has 0 bridgehead atoms. The smallest absolute Gasteiger partial charge is 0.175 e. The average molecular weight is 371 g/mol. The predicted molar refractivity (Wildman–Crippen MR) is 93.8 cm³/mol. The van der Waals surface area contributed by atoms with Crippen LogP contribution in [-0.2, 0) is 6.54 Å². The number of methoxy groups -OCH3 is 1. The lowest BCUT2D eigenvalue weighted by Gasteiger charge is -2.23. The monoisotopic (exact) mass is 370 g/mol. The summed E-state index contributed by atoms with van der Waals surface area (Å²) in [4.78, 5) is 2.56. The van der Waals surface area contributed by atoms with Crippen LogP contribution < -0.4 is 14.8 Å². The van der Waals surface area contributed by atoms with Crippen molar-refractivity contribution in [1.29, 1.82) is 0 Å². The lowest BCUT2D eigenvalue weighted by Crippen LogP contribution is -2.37. The van der Waals surface area contributed by atoms with Gasteiger partial charge >= 0.3 is 0 Å². The lowest BCUT2D eigenvalue weighted by molar-refractivity contribution is 0.260. The summed E-state index contributed by atoms with van der Waals surface area (Å²) < 4.78 is 12.0. The van der Waals surface area contributed by atoms with Gasteiger partial charge in [-0.05, 0) is 66.5 Å². The highest BCUT2D eigenvalue weighted by Crippen LogP contribution is 2.36. The van der Waals surface area contributed by atoms with Crippen LogP contribution in [0.3, 0.4) is 0 Å². The first kappa shape index (κ1) is 17.6. The van der Waals surface area contributed by atoms with Gasteiger partial charge in [-0.3, -0.25) is 4.90 Å². The molecule has 0 radical (unpaired) electrons. The van der Waals surface area contributed by atoms with Gasteiger partial charge in [0.2, 0.25) is 0 Å². The summed E-state index contributed by atoms with van der Waals surface area (Å²) in [5.74, 6) is 1.56. The van der Waals surface area contributed by atoms with E-state index in [1.54, 1.807) is 7.11 Å². The number of nitrogens with zero attached hydrogens (tertiary/aromatic N) is 1. The van der Waals surface area contributed by atoms with E-state index in [1.165, 1.54) is 24.9 Å². The van der Waals surface area contributed by atoms with E-state index in [1.807, 2.05) is 6.92 Å². The van der Waals surface area contributed by atoms with E-state index in [4.69, 9.17) is 9.47 Å². The number of ether oxygens (including phenoxy) is 2. The normalized spacial score (nSPS) is 18.6. The Bertz CT molecular complexity index is 482. The Balaban J connectivity index is 1.94. The molecule has 1 saturated heterocycles. The third kappa shape index (κ3) is 4.37. The second kappa shape index (κ2) is 8.75. The lowest BCUT2D eigenvalue weighted by atomic mass is 10.1. The van der Waals surface area contributed by atoms with Gasteiger partial charge in [-0.15, -0.1) is 0 Å². The second-order valence-electron chi connectivity index (χ2n) is 5.60. The zero-order valence-electron chi connectivity index (χ0n) is 13.8. The fourth-order valence-corrected chi connectivity index (χ4v) is 3.69. The van der Waals surface area contributed by atoms with Crippen LogP contribution in [0.25, 0.3) is 0 Å². The van der Waals surface area contributed by atoms with Gasteiger partial charge in [0.05, 0.1) is 18.2 Å². The maximum Gasteiger partial charge on any atom is 0.175 e. The number of hydrogen-bond acceptors (Lipinski definition) is 4. The first-order valence-corrected chi connectivity index (χ1v) is 8.92. The topological polar surface area (TPSA) is 33.7 Å². The van der Waals surface area contributed by atoms with E-state index < -0.39 is 0 Å². The minimum Gasteiger partial charge on any atom is -0.493 e. The average Bonchev–Trinajstić information content (AvgIpc) is 2.97. The van der Waals surface area contributed by atoms with Crippen LogP contribution >= 0.6 is 15.9 Å². The quantitative estimate of drug-likeness (QED) is 0.759. The maximum atomic E-state index is 5.63. The van der Waals surface area contributed by atoms with Crippen LogP contribution in [0.5, 0.6) is 11.5 Å². The first-order valence-electron chi connectivity index (χ1n) is 8.13. The fraction of sp³-hybridized carbons (Fsp3) is 0.647. The predicted octanol–water partition coefficient (Wildman–Crippen LogP) is 3.43. The van der Waals surface area contributed by atoms with E-state index in [0.29, 0.717) is 12.6 Å². The largest absolute Gasteiger partial charge is 0.493 e. The number of benzene rings is 1. The van der Waals surface area contributed by atoms with Crippen LogP contribution in [0.15, 0.2) is 16.6 Å². The Labute approximate surface area is 142 Å². The summed E-state index contributed by atoms with van der Waals surface area (Å²) in [6.07, 6.45) is 2.62. The summed E-state index contributed by atoms with van der Waals surface area (Å²) in [5.41, 5.74) is 1.20. The number of nitrogens with one attached hydrogen (secondary N) is 1. The zero-order chi connectivity index (χ0) is 15.9.